The zero-order valence-corrected chi connectivity index (χ0v) is 13.6. The minimum Gasteiger partial charge on any atom is -0.393 e. The van der Waals surface area contributed by atoms with Gasteiger partial charge < -0.3 is 5.11 Å². The third-order valence-corrected chi connectivity index (χ3v) is 5.74. The molecule has 0 radical (unpaired) electrons. The normalized spacial score (nSPS) is 13.6. The number of aliphatic hydroxyl groups excluding tert-OH is 1. The summed E-state index contributed by atoms with van der Waals surface area (Å²) in [5.41, 5.74) is 0. The predicted octanol–water partition coefficient (Wildman–Crippen LogP) is 4.29. The number of rotatable bonds is 13. The second-order valence-electron chi connectivity index (χ2n) is 5.41. The Morgan fingerprint density at radius 1 is 0.765 bits per heavy atom. The highest BCUT2D eigenvalue weighted by Gasteiger charge is 2.03. The fourth-order valence-corrected chi connectivity index (χ4v) is 3.85. The molecular weight excluding hydrogens is 224 g/mol. The molecule has 0 saturated heterocycles. The lowest BCUT2D eigenvalue weighted by Gasteiger charge is -2.10. The van der Waals surface area contributed by atoms with Crippen LogP contribution in [0.15, 0.2) is 0 Å². The van der Waals surface area contributed by atoms with Crippen LogP contribution in [-0.4, -0.2) is 20.7 Å². The Kier molecular flexibility index (Phi) is 14.4. The van der Waals surface area contributed by atoms with Crippen LogP contribution < -0.4 is 0 Å². The van der Waals surface area contributed by atoms with Crippen LogP contribution in [0.4, 0.5) is 0 Å². The average molecular weight is 259 g/mol. The van der Waals surface area contributed by atoms with Crippen molar-refractivity contribution in [1.29, 1.82) is 0 Å². The molecule has 0 aliphatic carbocycles. The van der Waals surface area contributed by atoms with Crippen LogP contribution in [0.1, 0.15) is 78.1 Å². The predicted molar refractivity (Wildman–Crippen MR) is 81.7 cm³/mol. The Labute approximate surface area is 111 Å². The van der Waals surface area contributed by atoms with Crippen molar-refractivity contribution in [1.82, 2.24) is 0 Å². The van der Waals surface area contributed by atoms with Crippen LogP contribution in [0.2, 0.25) is 12.1 Å². The van der Waals surface area contributed by atoms with Crippen LogP contribution in [0.5, 0.6) is 0 Å². The maximum Gasteiger partial charge on any atom is 0.0540 e. The Balaban J connectivity index is 3.09. The maximum atomic E-state index is 9.82. The lowest BCUT2D eigenvalue weighted by molar-refractivity contribution is 0.148. The Hall–Kier alpha value is 0.177. The monoisotopic (exact) mass is 258 g/mol. The minimum atomic E-state index is -0.00975. The summed E-state index contributed by atoms with van der Waals surface area (Å²) in [6.45, 7) is 4.53. The number of unbranched alkanes of at least 4 members (excludes halogenated alkanes) is 5. The van der Waals surface area contributed by atoms with Crippen LogP contribution in [-0.2, 0) is 0 Å². The molecule has 1 N–H and O–H groups in total. The second kappa shape index (κ2) is 14.2. The standard InChI is InChI=1S/C15H34OSi/c1-3-5-6-7-8-11-15(16)12-9-10-14-17-13-4-2/h15-16H,3-14,17H2,1-2H3. The van der Waals surface area contributed by atoms with Gasteiger partial charge in [-0.3, -0.25) is 0 Å². The largest absolute Gasteiger partial charge is 0.393 e. The van der Waals surface area contributed by atoms with Gasteiger partial charge in [0.1, 0.15) is 0 Å². The van der Waals surface area contributed by atoms with Crippen LogP contribution >= 0.6 is 0 Å². The molecule has 17 heavy (non-hydrogen) atoms. The quantitative estimate of drug-likeness (QED) is 0.386. The Morgan fingerprint density at radius 2 is 1.41 bits per heavy atom. The lowest BCUT2D eigenvalue weighted by atomic mass is 10.0. The second-order valence-corrected chi connectivity index (χ2v) is 7.53. The third kappa shape index (κ3) is 14.1. The highest BCUT2D eigenvalue weighted by Crippen LogP contribution is 2.12. The van der Waals surface area contributed by atoms with Gasteiger partial charge >= 0.3 is 0 Å². The number of hydrogen-bond donors (Lipinski definition) is 1. The first kappa shape index (κ1) is 17.2. The lowest BCUT2D eigenvalue weighted by Crippen LogP contribution is -2.06. The van der Waals surface area contributed by atoms with E-state index in [-0.39, 0.29) is 15.6 Å². The molecule has 1 atom stereocenters. The molecule has 0 aliphatic rings. The fourth-order valence-electron chi connectivity index (χ4n) is 2.29. The molecule has 0 aromatic heterocycles. The summed E-state index contributed by atoms with van der Waals surface area (Å²) in [5, 5.41) is 9.82. The van der Waals surface area contributed by atoms with Gasteiger partial charge in [-0.25, -0.2) is 0 Å². The van der Waals surface area contributed by atoms with Crippen molar-refractivity contribution < 1.29 is 5.11 Å². The first-order valence-corrected chi connectivity index (χ1v) is 9.99. The van der Waals surface area contributed by atoms with Crippen LogP contribution in [0.25, 0.3) is 0 Å². The van der Waals surface area contributed by atoms with E-state index in [1.165, 1.54) is 63.5 Å². The van der Waals surface area contributed by atoms with E-state index in [1.54, 1.807) is 0 Å². The van der Waals surface area contributed by atoms with E-state index in [9.17, 15) is 5.11 Å². The fraction of sp³-hybridized carbons (Fsp3) is 1.00. The van der Waals surface area contributed by atoms with Crippen LogP contribution in [0, 0.1) is 0 Å². The molecule has 1 unspecified atom stereocenters. The summed E-state index contributed by atoms with van der Waals surface area (Å²) in [4.78, 5) is 0. The molecule has 0 aromatic rings. The zero-order valence-electron chi connectivity index (χ0n) is 12.2. The molecule has 0 amide bonds. The van der Waals surface area contributed by atoms with Crippen molar-refractivity contribution in [2.24, 2.45) is 0 Å². The molecule has 0 saturated carbocycles. The summed E-state index contributed by atoms with van der Waals surface area (Å²) < 4.78 is 0. The van der Waals surface area contributed by atoms with Crippen molar-refractivity contribution >= 4 is 9.52 Å². The van der Waals surface area contributed by atoms with Crippen molar-refractivity contribution in [2.45, 2.75) is 96.2 Å². The summed E-state index contributed by atoms with van der Waals surface area (Å²) in [6, 6.07) is 3.01. The molecule has 0 fully saturated rings. The van der Waals surface area contributed by atoms with Crippen molar-refractivity contribution in [3.8, 4) is 0 Å². The third-order valence-electron chi connectivity index (χ3n) is 3.53. The molecule has 0 heterocycles. The van der Waals surface area contributed by atoms with Gasteiger partial charge in [0.05, 0.1) is 6.10 Å². The van der Waals surface area contributed by atoms with Gasteiger partial charge in [0, 0.05) is 9.52 Å². The molecular formula is C15H34OSi. The van der Waals surface area contributed by atoms with Gasteiger partial charge in [-0.2, -0.15) is 0 Å². The average Bonchev–Trinajstić information content (AvgIpc) is 2.33. The Bertz CT molecular complexity index is 139. The van der Waals surface area contributed by atoms with E-state index in [0.29, 0.717) is 0 Å². The summed E-state index contributed by atoms with van der Waals surface area (Å²) in [6.07, 6.45) is 12.7. The minimum absolute atomic E-state index is 0.00975. The molecule has 2 heteroatoms. The van der Waals surface area contributed by atoms with Gasteiger partial charge in [-0.05, 0) is 12.8 Å². The van der Waals surface area contributed by atoms with Gasteiger partial charge in [-0.1, -0.05) is 77.3 Å². The van der Waals surface area contributed by atoms with Gasteiger partial charge in [0.25, 0.3) is 0 Å². The Morgan fingerprint density at radius 3 is 2.06 bits per heavy atom. The summed E-state index contributed by atoms with van der Waals surface area (Å²) >= 11 is 0. The molecule has 0 bridgehead atoms. The zero-order chi connectivity index (χ0) is 12.8. The first-order valence-electron chi connectivity index (χ1n) is 7.99. The molecule has 1 nitrogen and oxygen atoms in total. The molecule has 0 aliphatic heterocycles. The van der Waals surface area contributed by atoms with E-state index < -0.39 is 0 Å². The van der Waals surface area contributed by atoms with Gasteiger partial charge in [0.2, 0.25) is 0 Å². The highest BCUT2D eigenvalue weighted by atomic mass is 28.2. The van der Waals surface area contributed by atoms with Crippen molar-refractivity contribution in [3.63, 3.8) is 0 Å². The number of hydrogen-bond acceptors (Lipinski definition) is 1. The van der Waals surface area contributed by atoms with E-state index in [1.807, 2.05) is 0 Å². The molecule has 0 spiro atoms. The van der Waals surface area contributed by atoms with E-state index in [4.69, 9.17) is 0 Å². The van der Waals surface area contributed by atoms with Crippen molar-refractivity contribution in [2.75, 3.05) is 0 Å². The SMILES string of the molecule is CCCCCCCC(O)CCCC[SiH2]CCC. The first-order chi connectivity index (χ1) is 8.31. The molecule has 104 valence electrons. The van der Waals surface area contributed by atoms with E-state index in [2.05, 4.69) is 13.8 Å². The number of aliphatic hydroxyl groups is 1. The van der Waals surface area contributed by atoms with E-state index >= 15 is 0 Å². The van der Waals surface area contributed by atoms with Gasteiger partial charge in [-0.15, -0.1) is 0 Å². The molecule has 0 rings (SSSR count). The van der Waals surface area contributed by atoms with Crippen molar-refractivity contribution in [3.05, 3.63) is 0 Å². The maximum absolute atomic E-state index is 9.82. The van der Waals surface area contributed by atoms with Crippen LogP contribution in [0.3, 0.4) is 0 Å². The molecule has 0 aromatic carbocycles. The van der Waals surface area contributed by atoms with Gasteiger partial charge in [0.15, 0.2) is 0 Å². The topological polar surface area (TPSA) is 20.2 Å². The van der Waals surface area contributed by atoms with E-state index in [0.717, 1.165) is 12.8 Å². The highest BCUT2D eigenvalue weighted by molar-refractivity contribution is 6.35. The summed E-state index contributed by atoms with van der Waals surface area (Å²) in [5.74, 6) is 0. The smallest absolute Gasteiger partial charge is 0.0540 e. The summed E-state index contributed by atoms with van der Waals surface area (Å²) in [7, 11) is 0.259.